The molecular weight excluding hydrogens is 288 g/mol. The second-order valence-electron chi connectivity index (χ2n) is 5.64. The molecule has 0 radical (unpaired) electrons. The van der Waals surface area contributed by atoms with E-state index in [4.69, 9.17) is 4.74 Å². The van der Waals surface area contributed by atoms with E-state index in [9.17, 15) is 4.79 Å². The molecule has 0 fully saturated rings. The Morgan fingerprint density at radius 3 is 2.48 bits per heavy atom. The minimum absolute atomic E-state index is 0.0683. The van der Waals surface area contributed by atoms with Gasteiger partial charge in [-0.2, -0.15) is 0 Å². The number of rotatable bonds is 6. The van der Waals surface area contributed by atoms with Gasteiger partial charge in [-0.15, -0.1) is 0 Å². The Morgan fingerprint density at radius 1 is 1.17 bits per heavy atom. The number of hydrogen-bond acceptors (Lipinski definition) is 3. The molecule has 0 bridgehead atoms. The molecule has 0 spiro atoms. The number of carbonyl (C=O) groups is 1. The largest absolute Gasteiger partial charge is 0.494 e. The van der Waals surface area contributed by atoms with Crippen LogP contribution in [-0.2, 0) is 0 Å². The van der Waals surface area contributed by atoms with Crippen molar-refractivity contribution in [3.63, 3.8) is 0 Å². The third-order valence-corrected chi connectivity index (χ3v) is 3.66. The van der Waals surface area contributed by atoms with E-state index in [1.807, 2.05) is 81.4 Å². The van der Waals surface area contributed by atoms with E-state index >= 15 is 0 Å². The van der Waals surface area contributed by atoms with Crippen molar-refractivity contribution in [2.45, 2.75) is 19.9 Å². The van der Waals surface area contributed by atoms with Gasteiger partial charge in [-0.05, 0) is 49.7 Å². The van der Waals surface area contributed by atoms with Gasteiger partial charge in [0.2, 0.25) is 0 Å². The number of nitrogens with one attached hydrogen (secondary N) is 1. The highest BCUT2D eigenvalue weighted by Crippen LogP contribution is 2.19. The summed E-state index contributed by atoms with van der Waals surface area (Å²) in [6.45, 7) is 4.58. The van der Waals surface area contributed by atoms with Crippen molar-refractivity contribution >= 4 is 11.6 Å². The first-order chi connectivity index (χ1) is 11.0. The van der Waals surface area contributed by atoms with Crippen LogP contribution < -0.4 is 15.0 Å². The fourth-order valence-electron chi connectivity index (χ4n) is 2.31. The zero-order chi connectivity index (χ0) is 16.8. The highest BCUT2D eigenvalue weighted by molar-refractivity contribution is 5.95. The van der Waals surface area contributed by atoms with E-state index < -0.39 is 0 Å². The lowest BCUT2D eigenvalue weighted by Gasteiger charge is -2.17. The van der Waals surface area contributed by atoms with Crippen LogP contribution in [0.1, 0.15) is 35.8 Å². The highest BCUT2D eigenvalue weighted by Gasteiger charge is 2.12. The second kappa shape index (κ2) is 7.68. The van der Waals surface area contributed by atoms with Crippen molar-refractivity contribution in [1.29, 1.82) is 0 Å². The Bertz CT molecular complexity index is 651. The molecule has 1 N–H and O–H groups in total. The third kappa shape index (κ3) is 4.49. The Balaban J connectivity index is 2.05. The second-order valence-corrected chi connectivity index (χ2v) is 5.64. The van der Waals surface area contributed by atoms with Crippen molar-refractivity contribution in [2.24, 2.45) is 0 Å². The fraction of sp³-hybridized carbons (Fsp3) is 0.316. The molecule has 0 saturated heterocycles. The van der Waals surface area contributed by atoms with E-state index in [0.29, 0.717) is 12.2 Å². The number of benzene rings is 2. The van der Waals surface area contributed by atoms with Gasteiger partial charge in [-0.3, -0.25) is 4.79 Å². The summed E-state index contributed by atoms with van der Waals surface area (Å²) in [4.78, 5) is 14.4. The van der Waals surface area contributed by atoms with Crippen LogP contribution in [0.4, 0.5) is 5.69 Å². The maximum absolute atomic E-state index is 12.4. The van der Waals surface area contributed by atoms with Crippen molar-refractivity contribution in [3.8, 4) is 5.75 Å². The first kappa shape index (κ1) is 16.9. The molecule has 2 rings (SSSR count). The standard InChI is InChI=1S/C19H24N2O2/c1-5-23-18-11-9-15(10-12-18)14(2)20-19(22)16-7-6-8-17(13-16)21(3)4/h6-14H,5H2,1-4H3,(H,20,22). The Hall–Kier alpha value is -2.49. The molecule has 0 aliphatic carbocycles. The quantitative estimate of drug-likeness (QED) is 0.885. The Labute approximate surface area is 138 Å². The van der Waals surface area contributed by atoms with Gasteiger partial charge in [0.05, 0.1) is 12.6 Å². The molecule has 0 aromatic heterocycles. The topological polar surface area (TPSA) is 41.6 Å². The zero-order valence-corrected chi connectivity index (χ0v) is 14.2. The average molecular weight is 312 g/mol. The van der Waals surface area contributed by atoms with Crippen LogP contribution in [0, 0.1) is 0 Å². The van der Waals surface area contributed by atoms with Crippen LogP contribution in [0.3, 0.4) is 0 Å². The molecule has 23 heavy (non-hydrogen) atoms. The predicted octanol–water partition coefficient (Wildman–Crippen LogP) is 3.64. The lowest BCUT2D eigenvalue weighted by molar-refractivity contribution is 0.0940. The fourth-order valence-corrected chi connectivity index (χ4v) is 2.31. The first-order valence-electron chi connectivity index (χ1n) is 7.82. The van der Waals surface area contributed by atoms with Gasteiger partial charge >= 0.3 is 0 Å². The van der Waals surface area contributed by atoms with Crippen LogP contribution in [0.5, 0.6) is 5.75 Å². The number of nitrogens with zero attached hydrogens (tertiary/aromatic N) is 1. The third-order valence-electron chi connectivity index (χ3n) is 3.66. The molecule has 0 aliphatic heterocycles. The maximum atomic E-state index is 12.4. The molecular formula is C19H24N2O2. The van der Waals surface area contributed by atoms with Crippen LogP contribution in [0.2, 0.25) is 0 Å². The van der Waals surface area contributed by atoms with Crippen LogP contribution in [0.15, 0.2) is 48.5 Å². The minimum Gasteiger partial charge on any atom is -0.494 e. The van der Waals surface area contributed by atoms with Gasteiger partial charge in [0, 0.05) is 25.3 Å². The molecule has 4 heteroatoms. The van der Waals surface area contributed by atoms with Gasteiger partial charge in [0.1, 0.15) is 5.75 Å². The van der Waals surface area contributed by atoms with E-state index in [0.717, 1.165) is 17.0 Å². The lowest BCUT2D eigenvalue weighted by Crippen LogP contribution is -2.26. The number of ether oxygens (including phenoxy) is 1. The molecule has 0 heterocycles. The molecule has 4 nitrogen and oxygen atoms in total. The van der Waals surface area contributed by atoms with Crippen LogP contribution >= 0.6 is 0 Å². The van der Waals surface area contributed by atoms with Crippen molar-refractivity contribution in [2.75, 3.05) is 25.6 Å². The smallest absolute Gasteiger partial charge is 0.251 e. The summed E-state index contributed by atoms with van der Waals surface area (Å²) in [5.41, 5.74) is 2.71. The summed E-state index contributed by atoms with van der Waals surface area (Å²) in [7, 11) is 3.92. The number of carbonyl (C=O) groups excluding carboxylic acids is 1. The molecule has 2 aromatic carbocycles. The summed E-state index contributed by atoms with van der Waals surface area (Å²) < 4.78 is 5.43. The Kier molecular flexibility index (Phi) is 5.63. The summed E-state index contributed by atoms with van der Waals surface area (Å²) >= 11 is 0. The summed E-state index contributed by atoms with van der Waals surface area (Å²) in [5.74, 6) is 0.767. The monoisotopic (exact) mass is 312 g/mol. The maximum Gasteiger partial charge on any atom is 0.251 e. The average Bonchev–Trinajstić information content (AvgIpc) is 2.55. The van der Waals surface area contributed by atoms with E-state index in [1.54, 1.807) is 0 Å². The summed E-state index contributed by atoms with van der Waals surface area (Å²) in [6.07, 6.45) is 0. The SMILES string of the molecule is CCOc1ccc(C(C)NC(=O)c2cccc(N(C)C)c2)cc1. The summed E-state index contributed by atoms with van der Waals surface area (Å²) in [5, 5.41) is 3.03. The predicted molar refractivity (Wildman–Crippen MR) is 94.3 cm³/mol. The van der Waals surface area contributed by atoms with Gasteiger partial charge in [-0.1, -0.05) is 18.2 Å². The Morgan fingerprint density at radius 2 is 1.87 bits per heavy atom. The van der Waals surface area contributed by atoms with E-state index in [1.165, 1.54) is 0 Å². The van der Waals surface area contributed by atoms with Gasteiger partial charge in [0.25, 0.3) is 5.91 Å². The normalized spacial score (nSPS) is 11.7. The van der Waals surface area contributed by atoms with Crippen LogP contribution in [-0.4, -0.2) is 26.6 Å². The molecule has 122 valence electrons. The minimum atomic E-state index is -0.0740. The molecule has 0 aliphatic rings. The summed E-state index contributed by atoms with van der Waals surface area (Å²) in [6, 6.07) is 15.3. The number of hydrogen-bond donors (Lipinski definition) is 1. The number of amides is 1. The highest BCUT2D eigenvalue weighted by atomic mass is 16.5. The number of anilines is 1. The first-order valence-corrected chi connectivity index (χ1v) is 7.82. The molecule has 2 aromatic rings. The van der Waals surface area contributed by atoms with Crippen molar-refractivity contribution in [3.05, 3.63) is 59.7 Å². The lowest BCUT2D eigenvalue weighted by atomic mass is 10.1. The zero-order valence-electron chi connectivity index (χ0n) is 14.2. The van der Waals surface area contributed by atoms with Crippen molar-refractivity contribution in [1.82, 2.24) is 5.32 Å². The van der Waals surface area contributed by atoms with Gasteiger partial charge in [0.15, 0.2) is 0 Å². The molecule has 1 amide bonds. The van der Waals surface area contributed by atoms with Gasteiger partial charge in [-0.25, -0.2) is 0 Å². The van der Waals surface area contributed by atoms with Crippen LogP contribution in [0.25, 0.3) is 0 Å². The molecule has 1 atom stereocenters. The molecule has 1 unspecified atom stereocenters. The van der Waals surface area contributed by atoms with E-state index in [2.05, 4.69) is 5.32 Å². The van der Waals surface area contributed by atoms with Gasteiger partial charge < -0.3 is 15.0 Å². The molecule has 0 saturated carbocycles. The van der Waals surface area contributed by atoms with E-state index in [-0.39, 0.29) is 11.9 Å². The van der Waals surface area contributed by atoms with Crippen molar-refractivity contribution < 1.29 is 9.53 Å².